The van der Waals surface area contributed by atoms with Crippen LogP contribution in [0.1, 0.15) is 37.4 Å². The normalized spacial score (nSPS) is 26.4. The van der Waals surface area contributed by atoms with E-state index >= 15 is 0 Å². The van der Waals surface area contributed by atoms with E-state index < -0.39 is 16.1 Å². The Morgan fingerprint density at radius 3 is 2.81 bits per heavy atom. The van der Waals surface area contributed by atoms with Gasteiger partial charge < -0.3 is 9.84 Å². The highest BCUT2D eigenvalue weighted by molar-refractivity contribution is 7.92. The number of anilines is 1. The van der Waals surface area contributed by atoms with E-state index in [1.54, 1.807) is 12.1 Å². The number of benzene rings is 1. The van der Waals surface area contributed by atoms with E-state index in [4.69, 9.17) is 4.74 Å². The Morgan fingerprint density at radius 2 is 2.05 bits per heavy atom. The van der Waals surface area contributed by atoms with Crippen molar-refractivity contribution in [2.45, 2.75) is 37.9 Å². The molecule has 2 aliphatic heterocycles. The molecule has 116 valence electrons. The third-order valence-corrected chi connectivity index (χ3v) is 6.00. The first-order valence-corrected chi connectivity index (χ1v) is 9.08. The van der Waals surface area contributed by atoms with Gasteiger partial charge in [-0.3, -0.25) is 4.31 Å². The maximum absolute atomic E-state index is 12.7. The van der Waals surface area contributed by atoms with Crippen molar-refractivity contribution in [2.24, 2.45) is 0 Å². The summed E-state index contributed by atoms with van der Waals surface area (Å²) in [6.45, 7) is 1.07. The summed E-state index contributed by atoms with van der Waals surface area (Å²) < 4.78 is 32.4. The van der Waals surface area contributed by atoms with Gasteiger partial charge in [0.25, 0.3) is 0 Å². The summed E-state index contributed by atoms with van der Waals surface area (Å²) in [4.78, 5) is 0. The molecule has 3 rings (SSSR count). The molecule has 1 aromatic carbocycles. The molecule has 0 aromatic heterocycles. The van der Waals surface area contributed by atoms with Crippen LogP contribution in [0.5, 0.6) is 0 Å². The Labute approximate surface area is 125 Å². The van der Waals surface area contributed by atoms with Crippen molar-refractivity contribution in [1.29, 1.82) is 0 Å². The fraction of sp³-hybridized carbons (Fsp3) is 0.600. The third-order valence-electron chi connectivity index (χ3n) is 4.16. The predicted molar refractivity (Wildman–Crippen MR) is 80.7 cm³/mol. The zero-order chi connectivity index (χ0) is 14.9. The highest BCUT2D eigenvalue weighted by Gasteiger charge is 2.32. The highest BCUT2D eigenvalue weighted by Crippen LogP contribution is 2.34. The minimum atomic E-state index is -3.43. The van der Waals surface area contributed by atoms with Crippen molar-refractivity contribution in [3.8, 4) is 0 Å². The van der Waals surface area contributed by atoms with Gasteiger partial charge in [0.15, 0.2) is 0 Å². The van der Waals surface area contributed by atoms with E-state index in [0.29, 0.717) is 37.2 Å². The maximum Gasteiger partial charge on any atom is 0.237 e. The zero-order valence-corrected chi connectivity index (χ0v) is 12.8. The van der Waals surface area contributed by atoms with Gasteiger partial charge in [0.2, 0.25) is 10.0 Å². The molecule has 2 unspecified atom stereocenters. The van der Waals surface area contributed by atoms with Gasteiger partial charge in [-0.25, -0.2) is 8.42 Å². The number of hydrogen-bond donors (Lipinski definition) is 1. The molecule has 0 bridgehead atoms. The molecule has 0 aliphatic carbocycles. The average molecular weight is 311 g/mol. The quantitative estimate of drug-likeness (QED) is 0.925. The molecular weight excluding hydrogens is 290 g/mol. The first-order chi connectivity index (χ1) is 10.1. The van der Waals surface area contributed by atoms with Gasteiger partial charge in [-0.1, -0.05) is 18.2 Å². The van der Waals surface area contributed by atoms with Gasteiger partial charge in [-0.05, 0) is 31.7 Å². The molecule has 1 fully saturated rings. The van der Waals surface area contributed by atoms with Gasteiger partial charge in [0.05, 0.1) is 23.6 Å². The lowest BCUT2D eigenvalue weighted by Crippen LogP contribution is -2.37. The van der Waals surface area contributed by atoms with Crippen molar-refractivity contribution in [3.05, 3.63) is 29.8 Å². The number of fused-ring (bicyclic) bond motifs is 1. The second-order valence-electron chi connectivity index (χ2n) is 5.70. The Bertz CT molecular complexity index is 595. The molecule has 2 atom stereocenters. The van der Waals surface area contributed by atoms with Crippen LogP contribution >= 0.6 is 0 Å². The summed E-state index contributed by atoms with van der Waals surface area (Å²) in [5, 5.41) is 10.2. The molecule has 0 spiro atoms. The van der Waals surface area contributed by atoms with Crippen molar-refractivity contribution in [2.75, 3.05) is 23.2 Å². The lowest BCUT2D eigenvalue weighted by molar-refractivity contribution is 0.127. The SMILES string of the molecule is O=S(=O)(CC1CCCO1)N1CCCC(O)c2ccccc21. The van der Waals surface area contributed by atoms with Crippen LogP contribution in [-0.2, 0) is 14.8 Å². The summed E-state index contributed by atoms with van der Waals surface area (Å²) in [5.41, 5.74) is 1.31. The van der Waals surface area contributed by atoms with Crippen LogP contribution in [0, 0.1) is 0 Å². The van der Waals surface area contributed by atoms with Gasteiger partial charge in [0, 0.05) is 18.7 Å². The van der Waals surface area contributed by atoms with Crippen molar-refractivity contribution < 1.29 is 18.3 Å². The molecule has 5 nitrogen and oxygen atoms in total. The zero-order valence-electron chi connectivity index (χ0n) is 11.9. The number of sulfonamides is 1. The minimum Gasteiger partial charge on any atom is -0.388 e. The number of rotatable bonds is 3. The Balaban J connectivity index is 1.91. The summed E-state index contributed by atoms with van der Waals surface area (Å²) in [6, 6.07) is 7.22. The van der Waals surface area contributed by atoms with Crippen molar-refractivity contribution >= 4 is 15.7 Å². The number of aliphatic hydroxyl groups is 1. The molecule has 1 saturated heterocycles. The monoisotopic (exact) mass is 311 g/mol. The molecule has 0 radical (unpaired) electrons. The van der Waals surface area contributed by atoms with Crippen LogP contribution in [0.25, 0.3) is 0 Å². The number of aliphatic hydroxyl groups excluding tert-OH is 1. The van der Waals surface area contributed by atoms with Crippen molar-refractivity contribution in [1.82, 2.24) is 0 Å². The molecule has 2 aliphatic rings. The van der Waals surface area contributed by atoms with Crippen LogP contribution in [0.4, 0.5) is 5.69 Å². The van der Waals surface area contributed by atoms with Crippen LogP contribution in [0.15, 0.2) is 24.3 Å². The smallest absolute Gasteiger partial charge is 0.237 e. The molecule has 1 N–H and O–H groups in total. The molecule has 21 heavy (non-hydrogen) atoms. The number of ether oxygens (including phenoxy) is 1. The minimum absolute atomic E-state index is 0.0252. The third kappa shape index (κ3) is 3.07. The summed E-state index contributed by atoms with van der Waals surface area (Å²) in [5.74, 6) is 0.0252. The van der Waals surface area contributed by atoms with Gasteiger partial charge in [-0.15, -0.1) is 0 Å². The first kappa shape index (κ1) is 14.8. The Morgan fingerprint density at radius 1 is 1.24 bits per heavy atom. The van der Waals surface area contributed by atoms with E-state index in [9.17, 15) is 13.5 Å². The van der Waals surface area contributed by atoms with Gasteiger partial charge in [0.1, 0.15) is 0 Å². The fourth-order valence-corrected chi connectivity index (χ4v) is 4.88. The lowest BCUT2D eigenvalue weighted by Gasteiger charge is -2.26. The van der Waals surface area contributed by atoms with Crippen LogP contribution in [0.2, 0.25) is 0 Å². The molecule has 1 aromatic rings. The maximum atomic E-state index is 12.7. The molecular formula is C15H21NO4S. The van der Waals surface area contributed by atoms with E-state index in [2.05, 4.69) is 0 Å². The molecule has 2 heterocycles. The van der Waals surface area contributed by atoms with Gasteiger partial charge in [-0.2, -0.15) is 0 Å². The summed E-state index contributed by atoms with van der Waals surface area (Å²) in [7, 11) is -3.43. The number of nitrogens with zero attached hydrogens (tertiary/aromatic N) is 1. The summed E-state index contributed by atoms with van der Waals surface area (Å²) >= 11 is 0. The first-order valence-electron chi connectivity index (χ1n) is 7.47. The van der Waals surface area contributed by atoms with E-state index in [1.807, 2.05) is 12.1 Å². The number of para-hydroxylation sites is 1. The predicted octanol–water partition coefficient (Wildman–Crippen LogP) is 1.83. The standard InChI is InChI=1S/C15H21NO4S/c17-15-8-3-9-16(14-7-2-1-6-13(14)15)21(18,19)11-12-5-4-10-20-12/h1-2,6-7,12,15,17H,3-5,8-11H2. The van der Waals surface area contributed by atoms with Crippen molar-refractivity contribution in [3.63, 3.8) is 0 Å². The van der Waals surface area contributed by atoms with E-state index in [-0.39, 0.29) is 11.9 Å². The van der Waals surface area contributed by atoms with Crippen LogP contribution < -0.4 is 4.31 Å². The van der Waals surface area contributed by atoms with Gasteiger partial charge >= 0.3 is 0 Å². The lowest BCUT2D eigenvalue weighted by atomic mass is 10.1. The van der Waals surface area contributed by atoms with Crippen LogP contribution in [0.3, 0.4) is 0 Å². The highest BCUT2D eigenvalue weighted by atomic mass is 32.2. The topological polar surface area (TPSA) is 66.8 Å². The molecule has 6 heteroatoms. The van der Waals surface area contributed by atoms with Crippen LogP contribution in [-0.4, -0.2) is 38.5 Å². The van der Waals surface area contributed by atoms with E-state index in [0.717, 1.165) is 12.8 Å². The Hall–Kier alpha value is -1.11. The Kier molecular flexibility index (Phi) is 4.19. The molecule has 0 saturated carbocycles. The second kappa shape index (κ2) is 5.94. The number of hydrogen-bond acceptors (Lipinski definition) is 4. The molecule has 0 amide bonds. The van der Waals surface area contributed by atoms with E-state index in [1.165, 1.54) is 4.31 Å². The average Bonchev–Trinajstić information content (AvgIpc) is 2.88. The fourth-order valence-electron chi connectivity index (χ4n) is 3.09. The second-order valence-corrected chi connectivity index (χ2v) is 7.64. The summed E-state index contributed by atoms with van der Waals surface area (Å²) in [6.07, 6.45) is 2.18. The largest absolute Gasteiger partial charge is 0.388 e.